The Hall–Kier alpha value is -2.36. The first-order valence-corrected chi connectivity index (χ1v) is 6.06. The summed E-state index contributed by atoms with van der Waals surface area (Å²) < 4.78 is 10.1. The van der Waals surface area contributed by atoms with Gasteiger partial charge in [-0.05, 0) is 36.4 Å². The average molecular weight is 259 g/mol. The van der Waals surface area contributed by atoms with Crippen molar-refractivity contribution in [1.29, 1.82) is 0 Å². The van der Waals surface area contributed by atoms with Gasteiger partial charge in [0.2, 0.25) is 0 Å². The molecule has 0 atom stereocenters. The number of hydrogen-bond donors (Lipinski definition) is 0. The van der Waals surface area contributed by atoms with Crippen LogP contribution in [0.2, 0.25) is 0 Å². The van der Waals surface area contributed by atoms with Crippen LogP contribution in [0.1, 0.15) is 24.2 Å². The molecule has 100 valence electrons. The smallest absolute Gasteiger partial charge is 0.337 e. The third-order valence-corrected chi connectivity index (χ3v) is 2.15. The third kappa shape index (κ3) is 4.43. The molecule has 19 heavy (non-hydrogen) atoms. The van der Waals surface area contributed by atoms with Crippen molar-refractivity contribution >= 4 is 5.97 Å². The molecule has 2 rings (SSSR count). The number of carbonyl (C=O) groups excluding carboxylic acids is 1. The SMILES string of the molecule is CC.COC(=O)c1ccc(Oc2cccnc2)cc1. The van der Waals surface area contributed by atoms with Gasteiger partial charge in [-0.3, -0.25) is 4.98 Å². The Bertz CT molecular complexity index is 495. The zero-order valence-electron chi connectivity index (χ0n) is 11.3. The first-order chi connectivity index (χ1) is 9.29. The van der Waals surface area contributed by atoms with Gasteiger partial charge in [0.15, 0.2) is 0 Å². The van der Waals surface area contributed by atoms with Gasteiger partial charge in [-0.2, -0.15) is 0 Å². The number of methoxy groups -OCH3 is 1. The second-order valence-corrected chi connectivity index (χ2v) is 3.31. The standard InChI is InChI=1S/C13H11NO3.C2H6/c1-16-13(15)10-4-6-11(7-5-10)17-12-3-2-8-14-9-12;1-2/h2-9H,1H3;1-2H3. The van der Waals surface area contributed by atoms with Crippen molar-refractivity contribution in [3.63, 3.8) is 0 Å². The van der Waals surface area contributed by atoms with Gasteiger partial charge in [0.05, 0.1) is 18.9 Å². The zero-order chi connectivity index (χ0) is 14.1. The predicted molar refractivity (Wildman–Crippen MR) is 73.4 cm³/mol. The van der Waals surface area contributed by atoms with E-state index in [-0.39, 0.29) is 5.97 Å². The van der Waals surface area contributed by atoms with Gasteiger partial charge in [0.25, 0.3) is 0 Å². The second-order valence-electron chi connectivity index (χ2n) is 3.31. The Balaban J connectivity index is 0.000000861. The molecule has 0 aliphatic rings. The maximum absolute atomic E-state index is 11.2. The summed E-state index contributed by atoms with van der Waals surface area (Å²) in [6.07, 6.45) is 3.29. The van der Waals surface area contributed by atoms with Gasteiger partial charge in [0, 0.05) is 6.20 Å². The van der Waals surface area contributed by atoms with Crippen molar-refractivity contribution < 1.29 is 14.3 Å². The molecule has 4 heteroatoms. The molecule has 2 aromatic rings. The van der Waals surface area contributed by atoms with Crippen LogP contribution < -0.4 is 4.74 Å². The van der Waals surface area contributed by atoms with Gasteiger partial charge in [0.1, 0.15) is 11.5 Å². The lowest BCUT2D eigenvalue weighted by Gasteiger charge is -2.05. The lowest BCUT2D eigenvalue weighted by atomic mass is 10.2. The van der Waals surface area contributed by atoms with E-state index in [9.17, 15) is 4.79 Å². The fourth-order valence-electron chi connectivity index (χ4n) is 1.32. The molecule has 0 aliphatic carbocycles. The molecule has 0 spiro atoms. The Kier molecular flexibility index (Phi) is 6.09. The van der Waals surface area contributed by atoms with E-state index in [0.29, 0.717) is 17.1 Å². The van der Waals surface area contributed by atoms with Crippen molar-refractivity contribution in [2.75, 3.05) is 7.11 Å². The molecule has 0 bridgehead atoms. The molecule has 0 fully saturated rings. The van der Waals surface area contributed by atoms with Crippen molar-refractivity contribution in [3.05, 3.63) is 54.4 Å². The van der Waals surface area contributed by atoms with Crippen LogP contribution in [-0.2, 0) is 4.74 Å². The summed E-state index contributed by atoms with van der Waals surface area (Å²) in [5.41, 5.74) is 0.492. The first kappa shape index (κ1) is 14.7. The Morgan fingerprint density at radius 3 is 2.26 bits per heavy atom. The number of hydrogen-bond acceptors (Lipinski definition) is 4. The van der Waals surface area contributed by atoms with Crippen molar-refractivity contribution in [2.45, 2.75) is 13.8 Å². The minimum Gasteiger partial charge on any atom is -0.465 e. The number of aromatic nitrogens is 1. The summed E-state index contributed by atoms with van der Waals surface area (Å²) in [6.45, 7) is 4.00. The van der Waals surface area contributed by atoms with Gasteiger partial charge in [-0.1, -0.05) is 13.8 Å². The van der Waals surface area contributed by atoms with E-state index in [1.54, 1.807) is 48.8 Å². The van der Waals surface area contributed by atoms with Crippen LogP contribution in [0, 0.1) is 0 Å². The van der Waals surface area contributed by atoms with Crippen molar-refractivity contribution in [3.8, 4) is 11.5 Å². The molecule has 4 nitrogen and oxygen atoms in total. The molecule has 1 aromatic carbocycles. The number of esters is 1. The van der Waals surface area contributed by atoms with Crippen molar-refractivity contribution in [1.82, 2.24) is 4.98 Å². The second kappa shape index (κ2) is 7.87. The maximum atomic E-state index is 11.2. The summed E-state index contributed by atoms with van der Waals surface area (Å²) in [5, 5.41) is 0. The quantitative estimate of drug-likeness (QED) is 0.789. The van der Waals surface area contributed by atoms with E-state index in [1.807, 2.05) is 13.8 Å². The fraction of sp³-hybridized carbons (Fsp3) is 0.200. The molecule has 0 saturated carbocycles. The van der Waals surface area contributed by atoms with E-state index in [1.165, 1.54) is 7.11 Å². The van der Waals surface area contributed by atoms with Crippen LogP contribution >= 0.6 is 0 Å². The Labute approximate surface area is 113 Å². The molecular formula is C15H17NO3. The van der Waals surface area contributed by atoms with Crippen LogP contribution in [0.25, 0.3) is 0 Å². The highest BCUT2D eigenvalue weighted by atomic mass is 16.5. The third-order valence-electron chi connectivity index (χ3n) is 2.15. The largest absolute Gasteiger partial charge is 0.465 e. The normalized spacial score (nSPS) is 9.00. The van der Waals surface area contributed by atoms with Crippen LogP contribution in [0.5, 0.6) is 11.5 Å². The molecule has 1 heterocycles. The molecule has 0 saturated heterocycles. The monoisotopic (exact) mass is 259 g/mol. The minimum atomic E-state index is -0.363. The number of rotatable bonds is 3. The van der Waals surface area contributed by atoms with E-state index >= 15 is 0 Å². The number of carbonyl (C=O) groups is 1. The molecule has 0 unspecified atom stereocenters. The van der Waals surface area contributed by atoms with E-state index in [4.69, 9.17) is 4.74 Å². The van der Waals surface area contributed by atoms with Gasteiger partial charge in [-0.15, -0.1) is 0 Å². The maximum Gasteiger partial charge on any atom is 0.337 e. The summed E-state index contributed by atoms with van der Waals surface area (Å²) in [7, 11) is 1.35. The molecule has 0 radical (unpaired) electrons. The fourth-order valence-corrected chi connectivity index (χ4v) is 1.32. The summed E-state index contributed by atoms with van der Waals surface area (Å²) >= 11 is 0. The van der Waals surface area contributed by atoms with Gasteiger partial charge < -0.3 is 9.47 Å². The molecule has 0 N–H and O–H groups in total. The first-order valence-electron chi connectivity index (χ1n) is 6.06. The lowest BCUT2D eigenvalue weighted by Crippen LogP contribution is -2.00. The van der Waals surface area contributed by atoms with Crippen LogP contribution in [0.15, 0.2) is 48.8 Å². The Morgan fingerprint density at radius 2 is 1.74 bits per heavy atom. The van der Waals surface area contributed by atoms with Crippen molar-refractivity contribution in [2.24, 2.45) is 0 Å². The molecule has 0 aliphatic heterocycles. The van der Waals surface area contributed by atoms with Crippen LogP contribution in [-0.4, -0.2) is 18.1 Å². The lowest BCUT2D eigenvalue weighted by molar-refractivity contribution is 0.0600. The highest BCUT2D eigenvalue weighted by molar-refractivity contribution is 5.89. The highest BCUT2D eigenvalue weighted by Crippen LogP contribution is 2.20. The average Bonchev–Trinajstić information content (AvgIpc) is 2.50. The van der Waals surface area contributed by atoms with Gasteiger partial charge >= 0.3 is 5.97 Å². The zero-order valence-corrected chi connectivity index (χ0v) is 11.3. The summed E-state index contributed by atoms with van der Waals surface area (Å²) in [4.78, 5) is 15.2. The Morgan fingerprint density at radius 1 is 1.05 bits per heavy atom. The van der Waals surface area contributed by atoms with E-state index in [2.05, 4.69) is 9.72 Å². The number of benzene rings is 1. The van der Waals surface area contributed by atoms with Crippen LogP contribution in [0.3, 0.4) is 0 Å². The topological polar surface area (TPSA) is 48.4 Å². The summed E-state index contributed by atoms with van der Waals surface area (Å²) in [6, 6.07) is 10.3. The number of pyridine rings is 1. The molecular weight excluding hydrogens is 242 g/mol. The molecule has 1 aromatic heterocycles. The van der Waals surface area contributed by atoms with Crippen LogP contribution in [0.4, 0.5) is 0 Å². The van der Waals surface area contributed by atoms with E-state index < -0.39 is 0 Å². The highest BCUT2D eigenvalue weighted by Gasteiger charge is 2.04. The van der Waals surface area contributed by atoms with Gasteiger partial charge in [-0.25, -0.2) is 4.79 Å². The number of nitrogens with zero attached hydrogens (tertiary/aromatic N) is 1. The molecule has 0 amide bonds. The van der Waals surface area contributed by atoms with E-state index in [0.717, 1.165) is 0 Å². The summed E-state index contributed by atoms with van der Waals surface area (Å²) in [5.74, 6) is 0.932. The predicted octanol–water partition coefficient (Wildman–Crippen LogP) is 3.69. The number of ether oxygens (including phenoxy) is 2. The minimum absolute atomic E-state index is 0.363.